The molecule has 3 heteroatoms. The number of ether oxygens (including phenoxy) is 1. The summed E-state index contributed by atoms with van der Waals surface area (Å²) in [6, 6.07) is 5.96. The molecule has 0 aliphatic heterocycles. The van der Waals surface area contributed by atoms with E-state index in [4.69, 9.17) is 10.5 Å². The highest BCUT2D eigenvalue weighted by Gasteiger charge is 2.18. The number of aromatic nitrogens is 1. The monoisotopic (exact) mass is 222 g/mol. The number of hydrogen-bond donors (Lipinski definition) is 1. The fourth-order valence-electron chi connectivity index (χ4n) is 1.52. The number of methoxy groups -OCH3 is 1. The molecule has 0 bridgehead atoms. The molecule has 0 radical (unpaired) electrons. The van der Waals surface area contributed by atoms with Crippen LogP contribution in [0.25, 0.3) is 0 Å². The second-order valence-electron chi connectivity index (χ2n) is 4.81. The summed E-state index contributed by atoms with van der Waals surface area (Å²) in [7, 11) is 1.73. The van der Waals surface area contributed by atoms with Crippen LogP contribution in [0.1, 0.15) is 44.1 Å². The molecule has 0 saturated heterocycles. The van der Waals surface area contributed by atoms with E-state index in [-0.39, 0.29) is 11.6 Å². The van der Waals surface area contributed by atoms with Gasteiger partial charge < -0.3 is 10.5 Å². The van der Waals surface area contributed by atoms with Crippen molar-refractivity contribution < 1.29 is 4.74 Å². The lowest BCUT2D eigenvalue weighted by atomic mass is 9.97. The molecule has 1 atom stereocenters. The number of nitrogens with zero attached hydrogens (tertiary/aromatic N) is 1. The molecule has 0 fully saturated rings. The lowest BCUT2D eigenvalue weighted by Crippen LogP contribution is -2.25. The van der Waals surface area contributed by atoms with E-state index < -0.39 is 0 Å². The highest BCUT2D eigenvalue weighted by molar-refractivity contribution is 5.13. The quantitative estimate of drug-likeness (QED) is 0.833. The van der Waals surface area contributed by atoms with Gasteiger partial charge in [-0.15, -0.1) is 0 Å². The summed E-state index contributed by atoms with van der Waals surface area (Å²) in [5.74, 6) is 0. The number of nitrogens with two attached hydrogens (primary N) is 1. The zero-order valence-corrected chi connectivity index (χ0v) is 10.7. The fourth-order valence-corrected chi connectivity index (χ4v) is 1.52. The Kier molecular flexibility index (Phi) is 4.44. The lowest BCUT2D eigenvalue weighted by molar-refractivity contribution is 0.0124. The van der Waals surface area contributed by atoms with Crippen LogP contribution in [-0.2, 0) is 4.74 Å². The van der Waals surface area contributed by atoms with Crippen molar-refractivity contribution >= 4 is 0 Å². The third-order valence-corrected chi connectivity index (χ3v) is 2.90. The van der Waals surface area contributed by atoms with Gasteiger partial charge in [0.2, 0.25) is 0 Å². The minimum atomic E-state index is -0.110. The molecular weight excluding hydrogens is 200 g/mol. The van der Waals surface area contributed by atoms with Crippen molar-refractivity contribution in [1.82, 2.24) is 4.98 Å². The minimum Gasteiger partial charge on any atom is -0.379 e. The Morgan fingerprint density at radius 3 is 2.69 bits per heavy atom. The Morgan fingerprint density at radius 2 is 2.12 bits per heavy atom. The normalized spacial score (nSPS) is 13.8. The molecule has 1 unspecified atom stereocenters. The Morgan fingerprint density at radius 1 is 1.44 bits per heavy atom. The molecule has 0 spiro atoms. The van der Waals surface area contributed by atoms with Gasteiger partial charge in [-0.3, -0.25) is 4.98 Å². The van der Waals surface area contributed by atoms with Crippen molar-refractivity contribution in [3.8, 4) is 0 Å². The third kappa shape index (κ3) is 3.91. The Labute approximate surface area is 98.0 Å². The molecule has 0 saturated carbocycles. The van der Waals surface area contributed by atoms with Crippen molar-refractivity contribution in [3.63, 3.8) is 0 Å². The van der Waals surface area contributed by atoms with E-state index in [1.807, 2.05) is 25.1 Å². The van der Waals surface area contributed by atoms with E-state index in [0.717, 1.165) is 24.2 Å². The van der Waals surface area contributed by atoms with Crippen LogP contribution in [-0.4, -0.2) is 17.7 Å². The van der Waals surface area contributed by atoms with Crippen molar-refractivity contribution in [2.24, 2.45) is 5.73 Å². The molecule has 1 aromatic rings. The number of pyridine rings is 1. The van der Waals surface area contributed by atoms with Gasteiger partial charge in [0.15, 0.2) is 0 Å². The van der Waals surface area contributed by atoms with Crippen LogP contribution in [0.3, 0.4) is 0 Å². The zero-order valence-electron chi connectivity index (χ0n) is 10.7. The molecule has 1 heterocycles. The molecule has 2 N–H and O–H groups in total. The number of hydrogen-bond acceptors (Lipinski definition) is 3. The van der Waals surface area contributed by atoms with Crippen molar-refractivity contribution in [1.29, 1.82) is 0 Å². The molecule has 0 amide bonds. The van der Waals surface area contributed by atoms with Crippen LogP contribution >= 0.6 is 0 Å². The van der Waals surface area contributed by atoms with Gasteiger partial charge in [-0.1, -0.05) is 6.07 Å². The molecular formula is C13H22N2O. The molecule has 0 aliphatic carbocycles. The largest absolute Gasteiger partial charge is 0.379 e. The van der Waals surface area contributed by atoms with Gasteiger partial charge in [0.1, 0.15) is 0 Å². The average Bonchev–Trinajstić information content (AvgIpc) is 2.26. The van der Waals surface area contributed by atoms with E-state index >= 15 is 0 Å². The Balaban J connectivity index is 2.56. The van der Waals surface area contributed by atoms with E-state index in [1.165, 1.54) is 0 Å². The summed E-state index contributed by atoms with van der Waals surface area (Å²) in [6.07, 6.45) is 1.82. The molecule has 3 nitrogen and oxygen atoms in total. The van der Waals surface area contributed by atoms with Gasteiger partial charge in [-0.25, -0.2) is 0 Å². The van der Waals surface area contributed by atoms with Gasteiger partial charge in [-0.2, -0.15) is 0 Å². The van der Waals surface area contributed by atoms with Crippen LogP contribution in [0.5, 0.6) is 0 Å². The van der Waals surface area contributed by atoms with E-state index in [2.05, 4.69) is 18.8 Å². The van der Waals surface area contributed by atoms with E-state index in [1.54, 1.807) is 7.11 Å². The maximum Gasteiger partial charge on any atom is 0.0623 e. The van der Waals surface area contributed by atoms with Crippen molar-refractivity contribution in [2.45, 2.75) is 45.3 Å². The molecule has 0 aromatic carbocycles. The third-order valence-electron chi connectivity index (χ3n) is 2.90. The first-order valence-corrected chi connectivity index (χ1v) is 5.69. The maximum absolute atomic E-state index is 6.11. The summed E-state index contributed by atoms with van der Waals surface area (Å²) in [4.78, 5) is 4.43. The van der Waals surface area contributed by atoms with E-state index in [9.17, 15) is 0 Å². The standard InChI is InChI=1S/C13H22N2O/c1-10-6-5-7-12(15-10)11(14)8-9-13(2,3)16-4/h5-7,11H,8-9,14H2,1-4H3. The fraction of sp³-hybridized carbons (Fsp3) is 0.615. The van der Waals surface area contributed by atoms with Crippen LogP contribution in [0, 0.1) is 6.92 Å². The van der Waals surface area contributed by atoms with Crippen LogP contribution in [0.4, 0.5) is 0 Å². The van der Waals surface area contributed by atoms with Gasteiger partial charge in [0.05, 0.1) is 11.3 Å². The SMILES string of the molecule is COC(C)(C)CCC(N)c1cccc(C)n1. The first kappa shape index (κ1) is 13.1. The second kappa shape index (κ2) is 5.41. The van der Waals surface area contributed by atoms with E-state index in [0.29, 0.717) is 0 Å². The van der Waals surface area contributed by atoms with Crippen LogP contribution in [0.15, 0.2) is 18.2 Å². The van der Waals surface area contributed by atoms with Gasteiger partial charge in [-0.05, 0) is 45.7 Å². The topological polar surface area (TPSA) is 48.1 Å². The first-order chi connectivity index (χ1) is 7.44. The first-order valence-electron chi connectivity index (χ1n) is 5.69. The molecule has 90 valence electrons. The maximum atomic E-state index is 6.11. The summed E-state index contributed by atoms with van der Waals surface area (Å²) >= 11 is 0. The molecule has 16 heavy (non-hydrogen) atoms. The Bertz CT molecular complexity index is 336. The summed E-state index contributed by atoms with van der Waals surface area (Å²) in [5.41, 5.74) is 7.98. The second-order valence-corrected chi connectivity index (χ2v) is 4.81. The van der Waals surface area contributed by atoms with Gasteiger partial charge in [0.25, 0.3) is 0 Å². The number of rotatable bonds is 5. The summed E-state index contributed by atoms with van der Waals surface area (Å²) in [6.45, 7) is 6.13. The van der Waals surface area contributed by atoms with Crippen molar-refractivity contribution in [2.75, 3.05) is 7.11 Å². The van der Waals surface area contributed by atoms with Gasteiger partial charge in [0, 0.05) is 18.8 Å². The summed E-state index contributed by atoms with van der Waals surface area (Å²) < 4.78 is 5.37. The van der Waals surface area contributed by atoms with Crippen LogP contribution < -0.4 is 5.73 Å². The van der Waals surface area contributed by atoms with Crippen molar-refractivity contribution in [3.05, 3.63) is 29.6 Å². The lowest BCUT2D eigenvalue weighted by Gasteiger charge is -2.24. The molecule has 0 aliphatic rings. The smallest absolute Gasteiger partial charge is 0.0623 e. The summed E-state index contributed by atoms with van der Waals surface area (Å²) in [5, 5.41) is 0. The molecule has 1 aromatic heterocycles. The zero-order chi connectivity index (χ0) is 12.2. The van der Waals surface area contributed by atoms with Gasteiger partial charge >= 0.3 is 0 Å². The average molecular weight is 222 g/mol. The predicted octanol–water partition coefficient (Wildman–Crippen LogP) is 2.60. The number of aryl methyl sites for hydroxylation is 1. The Hall–Kier alpha value is -0.930. The van der Waals surface area contributed by atoms with Crippen LogP contribution in [0.2, 0.25) is 0 Å². The predicted molar refractivity (Wildman–Crippen MR) is 66.2 cm³/mol. The highest BCUT2D eigenvalue weighted by atomic mass is 16.5. The molecule has 1 rings (SSSR count). The minimum absolute atomic E-state index is 0.00525. The highest BCUT2D eigenvalue weighted by Crippen LogP contribution is 2.21.